The van der Waals surface area contributed by atoms with E-state index in [0.717, 1.165) is 16.9 Å². The first-order valence-corrected chi connectivity index (χ1v) is 4.60. The molecule has 0 fully saturated rings. The Balaban J connectivity index is 2.57. The standard InChI is InChI=1S/C9H13N5/c1-5(2)12-8-7-6(3)13-14-9(7)11-4-10-8/h4-5H,1-3H3,(H2,10,11,12,13,14). The third-order valence-electron chi connectivity index (χ3n) is 1.96. The Morgan fingerprint density at radius 1 is 1.36 bits per heavy atom. The molecule has 2 N–H and O–H groups in total. The van der Waals surface area contributed by atoms with Crippen LogP contribution in [0.15, 0.2) is 6.33 Å². The Morgan fingerprint density at radius 2 is 2.14 bits per heavy atom. The third kappa shape index (κ3) is 1.41. The smallest absolute Gasteiger partial charge is 0.186 e. The fourth-order valence-corrected chi connectivity index (χ4v) is 1.38. The molecule has 0 aromatic carbocycles. The number of anilines is 1. The highest BCUT2D eigenvalue weighted by atomic mass is 15.2. The normalized spacial score (nSPS) is 11.1. The first-order valence-electron chi connectivity index (χ1n) is 4.60. The van der Waals surface area contributed by atoms with Gasteiger partial charge in [-0.15, -0.1) is 0 Å². The van der Waals surface area contributed by atoms with Crippen molar-refractivity contribution in [2.45, 2.75) is 26.8 Å². The van der Waals surface area contributed by atoms with E-state index in [0.29, 0.717) is 11.7 Å². The van der Waals surface area contributed by atoms with E-state index in [-0.39, 0.29) is 0 Å². The zero-order valence-corrected chi connectivity index (χ0v) is 8.50. The number of aryl methyl sites for hydroxylation is 1. The topological polar surface area (TPSA) is 66.5 Å². The lowest BCUT2D eigenvalue weighted by Gasteiger charge is -2.09. The second kappa shape index (κ2) is 3.25. The average molecular weight is 191 g/mol. The molecule has 14 heavy (non-hydrogen) atoms. The fraction of sp³-hybridized carbons (Fsp3) is 0.444. The summed E-state index contributed by atoms with van der Waals surface area (Å²) in [5.74, 6) is 0.844. The number of aromatic nitrogens is 4. The van der Waals surface area contributed by atoms with Crippen LogP contribution in [0.4, 0.5) is 5.82 Å². The molecule has 0 saturated heterocycles. The van der Waals surface area contributed by atoms with Crippen molar-refractivity contribution in [3.8, 4) is 0 Å². The molecular formula is C9H13N5. The van der Waals surface area contributed by atoms with E-state index in [1.807, 2.05) is 6.92 Å². The predicted octanol–water partition coefficient (Wildman–Crippen LogP) is 1.48. The van der Waals surface area contributed by atoms with Gasteiger partial charge in [-0.1, -0.05) is 0 Å². The molecule has 2 heterocycles. The molecule has 0 amide bonds. The van der Waals surface area contributed by atoms with Gasteiger partial charge in [-0.25, -0.2) is 9.97 Å². The van der Waals surface area contributed by atoms with E-state index in [2.05, 4.69) is 39.3 Å². The number of nitrogens with one attached hydrogen (secondary N) is 2. The average Bonchev–Trinajstić information content (AvgIpc) is 2.48. The van der Waals surface area contributed by atoms with Crippen molar-refractivity contribution in [1.29, 1.82) is 0 Å². The van der Waals surface area contributed by atoms with Crippen molar-refractivity contribution >= 4 is 16.9 Å². The molecule has 0 aliphatic rings. The molecule has 2 aromatic rings. The zero-order valence-electron chi connectivity index (χ0n) is 8.50. The van der Waals surface area contributed by atoms with E-state index in [1.54, 1.807) is 0 Å². The third-order valence-corrected chi connectivity index (χ3v) is 1.96. The van der Waals surface area contributed by atoms with E-state index in [9.17, 15) is 0 Å². The largest absolute Gasteiger partial charge is 0.367 e. The van der Waals surface area contributed by atoms with Crippen LogP contribution >= 0.6 is 0 Å². The van der Waals surface area contributed by atoms with Crippen LogP contribution in [0.5, 0.6) is 0 Å². The van der Waals surface area contributed by atoms with Gasteiger partial charge in [0.05, 0.1) is 5.39 Å². The number of aromatic amines is 1. The summed E-state index contributed by atoms with van der Waals surface area (Å²) in [6.45, 7) is 6.11. The Morgan fingerprint density at radius 3 is 2.86 bits per heavy atom. The molecule has 0 unspecified atom stereocenters. The Labute approximate surface area is 82.0 Å². The van der Waals surface area contributed by atoms with Crippen molar-refractivity contribution in [2.75, 3.05) is 5.32 Å². The number of hydrogen-bond acceptors (Lipinski definition) is 4. The van der Waals surface area contributed by atoms with Crippen molar-refractivity contribution in [1.82, 2.24) is 20.2 Å². The van der Waals surface area contributed by atoms with Gasteiger partial charge in [0.1, 0.15) is 12.1 Å². The summed E-state index contributed by atoms with van der Waals surface area (Å²) < 4.78 is 0. The number of fused-ring (bicyclic) bond motifs is 1. The molecule has 0 spiro atoms. The molecule has 2 aromatic heterocycles. The van der Waals surface area contributed by atoms with Crippen LogP contribution in [-0.2, 0) is 0 Å². The van der Waals surface area contributed by atoms with Crippen LogP contribution in [-0.4, -0.2) is 26.2 Å². The van der Waals surface area contributed by atoms with Crippen LogP contribution in [0.2, 0.25) is 0 Å². The molecule has 0 radical (unpaired) electrons. The maximum Gasteiger partial charge on any atom is 0.186 e. The summed E-state index contributed by atoms with van der Waals surface area (Å²) in [6.07, 6.45) is 1.52. The van der Waals surface area contributed by atoms with Gasteiger partial charge in [-0.2, -0.15) is 5.10 Å². The quantitative estimate of drug-likeness (QED) is 0.754. The number of H-pyrrole nitrogens is 1. The molecule has 0 bridgehead atoms. The highest BCUT2D eigenvalue weighted by Crippen LogP contribution is 2.20. The Bertz CT molecular complexity index is 445. The summed E-state index contributed by atoms with van der Waals surface area (Å²) in [5.41, 5.74) is 1.70. The van der Waals surface area contributed by atoms with Crippen molar-refractivity contribution in [3.63, 3.8) is 0 Å². The molecule has 5 heteroatoms. The summed E-state index contributed by atoms with van der Waals surface area (Å²) in [7, 11) is 0. The number of hydrogen-bond donors (Lipinski definition) is 2. The van der Waals surface area contributed by atoms with Gasteiger partial charge in [0.15, 0.2) is 5.65 Å². The number of rotatable bonds is 2. The first-order chi connectivity index (χ1) is 6.68. The molecule has 5 nitrogen and oxygen atoms in total. The summed E-state index contributed by atoms with van der Waals surface area (Å²) in [5, 5.41) is 11.2. The number of nitrogens with zero attached hydrogens (tertiary/aromatic N) is 3. The molecule has 74 valence electrons. The molecular weight excluding hydrogens is 178 g/mol. The molecule has 0 aliphatic carbocycles. The second-order valence-corrected chi connectivity index (χ2v) is 3.57. The van der Waals surface area contributed by atoms with E-state index in [1.165, 1.54) is 6.33 Å². The Hall–Kier alpha value is -1.65. The maximum atomic E-state index is 4.20. The minimum absolute atomic E-state index is 0.349. The van der Waals surface area contributed by atoms with Crippen molar-refractivity contribution < 1.29 is 0 Å². The minimum atomic E-state index is 0.349. The van der Waals surface area contributed by atoms with Gasteiger partial charge in [-0.3, -0.25) is 5.10 Å². The second-order valence-electron chi connectivity index (χ2n) is 3.57. The van der Waals surface area contributed by atoms with Crippen LogP contribution < -0.4 is 5.32 Å². The lowest BCUT2D eigenvalue weighted by Crippen LogP contribution is -2.11. The van der Waals surface area contributed by atoms with Gasteiger partial charge in [-0.05, 0) is 20.8 Å². The zero-order chi connectivity index (χ0) is 10.1. The van der Waals surface area contributed by atoms with Crippen LogP contribution in [0.3, 0.4) is 0 Å². The minimum Gasteiger partial charge on any atom is -0.367 e. The Kier molecular flexibility index (Phi) is 2.07. The summed E-state index contributed by atoms with van der Waals surface area (Å²) in [4.78, 5) is 8.27. The van der Waals surface area contributed by atoms with E-state index < -0.39 is 0 Å². The van der Waals surface area contributed by atoms with E-state index >= 15 is 0 Å². The van der Waals surface area contributed by atoms with Crippen LogP contribution in [0.1, 0.15) is 19.5 Å². The first kappa shape index (κ1) is 8.93. The van der Waals surface area contributed by atoms with Crippen LogP contribution in [0, 0.1) is 6.92 Å². The fourth-order valence-electron chi connectivity index (χ4n) is 1.38. The molecule has 0 atom stereocenters. The van der Waals surface area contributed by atoms with Gasteiger partial charge < -0.3 is 5.32 Å². The van der Waals surface area contributed by atoms with Gasteiger partial charge in [0.25, 0.3) is 0 Å². The SMILES string of the molecule is Cc1[nH]nc2ncnc(NC(C)C)c12. The van der Waals surface area contributed by atoms with E-state index in [4.69, 9.17) is 0 Å². The molecule has 2 rings (SSSR count). The highest BCUT2D eigenvalue weighted by molar-refractivity contribution is 5.88. The lowest BCUT2D eigenvalue weighted by molar-refractivity contribution is 0.890. The summed E-state index contributed by atoms with van der Waals surface area (Å²) in [6, 6.07) is 0.349. The van der Waals surface area contributed by atoms with Crippen molar-refractivity contribution in [3.05, 3.63) is 12.0 Å². The van der Waals surface area contributed by atoms with Gasteiger partial charge in [0, 0.05) is 11.7 Å². The van der Waals surface area contributed by atoms with Gasteiger partial charge >= 0.3 is 0 Å². The molecule has 0 aliphatic heterocycles. The lowest BCUT2D eigenvalue weighted by atomic mass is 10.3. The maximum absolute atomic E-state index is 4.20. The molecule has 0 saturated carbocycles. The predicted molar refractivity (Wildman–Crippen MR) is 55.2 cm³/mol. The van der Waals surface area contributed by atoms with Crippen LogP contribution in [0.25, 0.3) is 11.0 Å². The van der Waals surface area contributed by atoms with Crippen molar-refractivity contribution in [2.24, 2.45) is 0 Å². The monoisotopic (exact) mass is 191 g/mol. The highest BCUT2D eigenvalue weighted by Gasteiger charge is 2.09. The van der Waals surface area contributed by atoms with Gasteiger partial charge in [0.2, 0.25) is 0 Å². The summed E-state index contributed by atoms with van der Waals surface area (Å²) >= 11 is 0.